The first-order valence-corrected chi connectivity index (χ1v) is 7.30. The van der Waals surface area contributed by atoms with Crippen molar-refractivity contribution in [2.45, 2.75) is 6.04 Å². The van der Waals surface area contributed by atoms with Crippen molar-refractivity contribution in [3.8, 4) is 0 Å². The quantitative estimate of drug-likeness (QED) is 0.526. The maximum atomic E-state index is 11.0. The molecule has 1 saturated heterocycles. The van der Waals surface area contributed by atoms with Gasteiger partial charge in [-0.1, -0.05) is 0 Å². The molecule has 1 amide bonds. The predicted molar refractivity (Wildman–Crippen MR) is 84.5 cm³/mol. The first kappa shape index (κ1) is 15.0. The Labute approximate surface area is 139 Å². The highest BCUT2D eigenvalue weighted by atomic mass is 16.6. The maximum absolute atomic E-state index is 11.0. The molecule has 3 aromatic heterocycles. The Morgan fingerprint density at radius 1 is 1.48 bits per heavy atom. The first-order chi connectivity index (χ1) is 12.0. The minimum atomic E-state index is -0.988. The molecule has 0 saturated carbocycles. The van der Waals surface area contributed by atoms with Crippen LogP contribution in [-0.4, -0.2) is 71.8 Å². The van der Waals surface area contributed by atoms with Crippen molar-refractivity contribution < 1.29 is 14.8 Å². The molecule has 0 bridgehead atoms. The zero-order chi connectivity index (χ0) is 17.7. The number of fused-ring (bicyclic) bond motifs is 3. The second-order valence-corrected chi connectivity index (χ2v) is 5.71. The van der Waals surface area contributed by atoms with Crippen molar-refractivity contribution in [3.63, 3.8) is 0 Å². The van der Waals surface area contributed by atoms with Crippen LogP contribution in [-0.2, 0) is 0 Å². The van der Waals surface area contributed by atoms with Gasteiger partial charge >= 0.3 is 6.09 Å². The van der Waals surface area contributed by atoms with Crippen LogP contribution in [0.5, 0.6) is 0 Å². The highest BCUT2D eigenvalue weighted by Crippen LogP contribution is 2.28. The van der Waals surface area contributed by atoms with Gasteiger partial charge < -0.3 is 14.9 Å². The molecule has 4 rings (SSSR count). The van der Waals surface area contributed by atoms with E-state index in [0.29, 0.717) is 35.7 Å². The second kappa shape index (κ2) is 5.22. The zero-order valence-corrected chi connectivity index (χ0v) is 13.0. The number of rotatable bonds is 3. The molecule has 0 unspecified atom stereocenters. The molecule has 12 heteroatoms. The number of anilines is 1. The molecule has 0 aromatic carbocycles. The molecular weight excluding hydrogens is 332 g/mol. The lowest BCUT2D eigenvalue weighted by molar-refractivity contribution is -0.385. The summed E-state index contributed by atoms with van der Waals surface area (Å²) in [5.41, 5.74) is 1.04. The van der Waals surface area contributed by atoms with Crippen LogP contribution >= 0.6 is 0 Å². The van der Waals surface area contributed by atoms with E-state index in [0.717, 1.165) is 6.20 Å². The summed E-state index contributed by atoms with van der Waals surface area (Å²) < 4.78 is 1.59. The van der Waals surface area contributed by atoms with Crippen molar-refractivity contribution in [1.82, 2.24) is 29.5 Å². The molecule has 1 aliphatic rings. The van der Waals surface area contributed by atoms with E-state index in [9.17, 15) is 14.9 Å². The SMILES string of the molecule is CN(C(=O)O)C1CN(c2nc3ncc([N+](=O)[O-])cc3n3cnnc23)C1. The lowest BCUT2D eigenvalue weighted by Gasteiger charge is -2.43. The lowest BCUT2D eigenvalue weighted by Crippen LogP contribution is -2.60. The largest absolute Gasteiger partial charge is 0.465 e. The summed E-state index contributed by atoms with van der Waals surface area (Å²) in [4.78, 5) is 33.0. The van der Waals surface area contributed by atoms with E-state index in [1.165, 1.54) is 24.3 Å². The number of hydrogen-bond acceptors (Lipinski definition) is 8. The second-order valence-electron chi connectivity index (χ2n) is 5.71. The summed E-state index contributed by atoms with van der Waals surface area (Å²) in [6, 6.07) is 1.23. The van der Waals surface area contributed by atoms with Gasteiger partial charge in [0.1, 0.15) is 18.0 Å². The smallest absolute Gasteiger partial charge is 0.407 e. The van der Waals surface area contributed by atoms with E-state index in [1.54, 1.807) is 4.40 Å². The van der Waals surface area contributed by atoms with Gasteiger partial charge in [0, 0.05) is 26.2 Å². The average molecular weight is 344 g/mol. The van der Waals surface area contributed by atoms with Gasteiger partial charge in [0.2, 0.25) is 5.65 Å². The van der Waals surface area contributed by atoms with Crippen LogP contribution < -0.4 is 4.90 Å². The Morgan fingerprint density at radius 2 is 2.24 bits per heavy atom. The normalized spacial score (nSPS) is 14.7. The topological polar surface area (TPSA) is 143 Å². The van der Waals surface area contributed by atoms with Crippen LogP contribution in [0.15, 0.2) is 18.6 Å². The molecule has 128 valence electrons. The molecular formula is C13H12N8O4. The van der Waals surface area contributed by atoms with Gasteiger partial charge in [-0.25, -0.2) is 14.8 Å². The van der Waals surface area contributed by atoms with E-state index < -0.39 is 11.0 Å². The monoisotopic (exact) mass is 344 g/mol. The number of amides is 1. The number of hydrogen-bond donors (Lipinski definition) is 1. The van der Waals surface area contributed by atoms with Gasteiger partial charge in [0.15, 0.2) is 11.5 Å². The third-order valence-corrected chi connectivity index (χ3v) is 4.27. The Hall–Kier alpha value is -3.57. The van der Waals surface area contributed by atoms with Gasteiger partial charge in [0.05, 0.1) is 11.0 Å². The van der Waals surface area contributed by atoms with Gasteiger partial charge in [0.25, 0.3) is 5.69 Å². The molecule has 25 heavy (non-hydrogen) atoms. The summed E-state index contributed by atoms with van der Waals surface area (Å²) in [6.07, 6.45) is 1.60. The predicted octanol–water partition coefficient (Wildman–Crippen LogP) is 0.379. The van der Waals surface area contributed by atoms with Gasteiger partial charge in [-0.2, -0.15) is 0 Å². The van der Waals surface area contributed by atoms with Crippen LogP contribution in [0.2, 0.25) is 0 Å². The Bertz CT molecular complexity index is 1010. The minimum absolute atomic E-state index is 0.136. The summed E-state index contributed by atoms with van der Waals surface area (Å²) in [7, 11) is 1.52. The molecule has 4 heterocycles. The van der Waals surface area contributed by atoms with Crippen molar-refractivity contribution in [1.29, 1.82) is 0 Å². The van der Waals surface area contributed by atoms with E-state index in [1.807, 2.05) is 4.90 Å². The fourth-order valence-corrected chi connectivity index (χ4v) is 2.75. The summed E-state index contributed by atoms with van der Waals surface area (Å²) >= 11 is 0. The molecule has 1 aliphatic heterocycles. The number of carbonyl (C=O) groups is 1. The molecule has 0 spiro atoms. The molecule has 3 aromatic rings. The van der Waals surface area contributed by atoms with Crippen LogP contribution in [0.1, 0.15) is 0 Å². The Balaban J connectivity index is 1.75. The maximum Gasteiger partial charge on any atom is 0.407 e. The fourth-order valence-electron chi connectivity index (χ4n) is 2.75. The van der Waals surface area contributed by atoms with Gasteiger partial charge in [-0.3, -0.25) is 14.5 Å². The van der Waals surface area contributed by atoms with E-state index in [-0.39, 0.29) is 11.7 Å². The number of nitrogens with zero attached hydrogens (tertiary/aromatic N) is 8. The molecule has 12 nitrogen and oxygen atoms in total. The molecule has 1 N–H and O–H groups in total. The third-order valence-electron chi connectivity index (χ3n) is 4.27. The highest BCUT2D eigenvalue weighted by Gasteiger charge is 2.35. The van der Waals surface area contributed by atoms with Gasteiger partial charge in [-0.15, -0.1) is 10.2 Å². The van der Waals surface area contributed by atoms with E-state index in [2.05, 4.69) is 20.2 Å². The van der Waals surface area contributed by atoms with E-state index in [4.69, 9.17) is 5.11 Å². The highest BCUT2D eigenvalue weighted by molar-refractivity contribution is 5.82. The van der Waals surface area contributed by atoms with Crippen LogP contribution in [0.4, 0.5) is 16.3 Å². The van der Waals surface area contributed by atoms with Crippen molar-refractivity contribution >= 4 is 34.4 Å². The Kier molecular flexibility index (Phi) is 3.13. The average Bonchev–Trinajstić information content (AvgIpc) is 3.02. The first-order valence-electron chi connectivity index (χ1n) is 7.30. The number of likely N-dealkylation sites (N-methyl/N-ethyl adjacent to an activating group) is 1. The number of nitro groups is 1. The molecule has 0 radical (unpaired) electrons. The Morgan fingerprint density at radius 3 is 2.92 bits per heavy atom. The summed E-state index contributed by atoms with van der Waals surface area (Å²) in [5.74, 6) is 0.515. The standard InChI is InChI=1S/C13H12N8O4/c1-18(13(22)23)8-4-19(5-8)11-12-17-15-6-20(12)9-2-7(21(24)25)3-14-10(9)16-11/h2-3,6,8H,4-5H2,1H3,(H,22,23). The third kappa shape index (κ3) is 2.26. The number of aromatic nitrogens is 5. The van der Waals surface area contributed by atoms with Crippen LogP contribution in [0.3, 0.4) is 0 Å². The molecule has 0 aliphatic carbocycles. The lowest BCUT2D eigenvalue weighted by atomic mass is 10.1. The molecule has 1 fully saturated rings. The van der Waals surface area contributed by atoms with Crippen molar-refractivity contribution in [2.24, 2.45) is 0 Å². The van der Waals surface area contributed by atoms with E-state index >= 15 is 0 Å². The summed E-state index contributed by atoms with van der Waals surface area (Å²) in [5, 5.41) is 27.9. The van der Waals surface area contributed by atoms with Crippen molar-refractivity contribution in [2.75, 3.05) is 25.0 Å². The van der Waals surface area contributed by atoms with Gasteiger partial charge in [-0.05, 0) is 0 Å². The minimum Gasteiger partial charge on any atom is -0.465 e. The number of pyridine rings is 1. The van der Waals surface area contributed by atoms with Crippen molar-refractivity contribution in [3.05, 3.63) is 28.7 Å². The zero-order valence-electron chi connectivity index (χ0n) is 13.0. The summed E-state index contributed by atoms with van der Waals surface area (Å²) in [6.45, 7) is 0.938. The van der Waals surface area contributed by atoms with Crippen LogP contribution in [0, 0.1) is 10.1 Å². The molecule has 0 atom stereocenters. The number of carboxylic acid groups (broad SMARTS) is 1. The van der Waals surface area contributed by atoms with Crippen LogP contribution in [0.25, 0.3) is 16.8 Å². The fraction of sp³-hybridized carbons (Fsp3) is 0.308.